The zero-order valence-electron chi connectivity index (χ0n) is 14.9. The molecule has 0 aliphatic rings. The molecule has 2 N–H and O–H groups in total. The number of pyridine rings is 1. The van der Waals surface area contributed by atoms with Gasteiger partial charge in [-0.15, -0.1) is 0 Å². The highest BCUT2D eigenvalue weighted by atomic mass is 35.5. The van der Waals surface area contributed by atoms with Crippen molar-refractivity contribution in [1.82, 2.24) is 9.88 Å². The maximum Gasteiger partial charge on any atom is 0.337 e. The molecule has 0 radical (unpaired) electrons. The number of methoxy groups -OCH3 is 1. The van der Waals surface area contributed by atoms with Crippen molar-refractivity contribution in [3.05, 3.63) is 52.7 Å². The van der Waals surface area contributed by atoms with Gasteiger partial charge in [0, 0.05) is 19.3 Å². The van der Waals surface area contributed by atoms with Gasteiger partial charge in [-0.3, -0.25) is 4.79 Å². The van der Waals surface area contributed by atoms with Crippen LogP contribution < -0.4 is 10.6 Å². The largest absolute Gasteiger partial charge is 0.465 e. The third kappa shape index (κ3) is 5.44. The lowest BCUT2D eigenvalue weighted by Crippen LogP contribution is -2.21. The van der Waals surface area contributed by atoms with Crippen molar-refractivity contribution in [2.24, 2.45) is 0 Å². The van der Waals surface area contributed by atoms with Crippen molar-refractivity contribution < 1.29 is 14.3 Å². The van der Waals surface area contributed by atoms with Crippen LogP contribution in [0, 0.1) is 0 Å². The molecule has 0 aliphatic carbocycles. The number of anilines is 2. The van der Waals surface area contributed by atoms with Gasteiger partial charge in [-0.25, -0.2) is 9.78 Å². The molecule has 2 rings (SSSR count). The van der Waals surface area contributed by atoms with Gasteiger partial charge in [-0.2, -0.15) is 0 Å². The van der Waals surface area contributed by atoms with Crippen LogP contribution in [0.4, 0.5) is 11.5 Å². The van der Waals surface area contributed by atoms with Crippen LogP contribution in [0.1, 0.15) is 20.7 Å². The van der Waals surface area contributed by atoms with Crippen LogP contribution >= 0.6 is 11.6 Å². The minimum atomic E-state index is -0.507. The predicted molar refractivity (Wildman–Crippen MR) is 102 cm³/mol. The average Bonchev–Trinajstić information content (AvgIpc) is 2.63. The van der Waals surface area contributed by atoms with Crippen molar-refractivity contribution in [3.63, 3.8) is 0 Å². The maximum atomic E-state index is 12.4. The monoisotopic (exact) mass is 376 g/mol. The van der Waals surface area contributed by atoms with E-state index in [0.29, 0.717) is 27.7 Å². The van der Waals surface area contributed by atoms with Crippen LogP contribution in [0.15, 0.2) is 36.5 Å². The summed E-state index contributed by atoms with van der Waals surface area (Å²) in [6, 6.07) is 7.92. The summed E-state index contributed by atoms with van der Waals surface area (Å²) in [5.41, 5.74) is 1.00. The van der Waals surface area contributed by atoms with Crippen molar-refractivity contribution in [2.45, 2.75) is 0 Å². The molecule has 1 amide bonds. The van der Waals surface area contributed by atoms with E-state index in [1.165, 1.54) is 31.5 Å². The van der Waals surface area contributed by atoms with E-state index in [-0.39, 0.29) is 5.91 Å². The first-order valence-corrected chi connectivity index (χ1v) is 8.32. The summed E-state index contributed by atoms with van der Waals surface area (Å²) in [4.78, 5) is 30.3. The molecule has 0 aliphatic heterocycles. The SMILES string of the molecule is COC(=O)c1ccc(Cl)c(NC(=O)c2ccc(NCCN(C)C)nc2)c1. The molecule has 0 spiro atoms. The van der Waals surface area contributed by atoms with Gasteiger partial charge in [0.2, 0.25) is 0 Å². The molecule has 0 bridgehead atoms. The quantitative estimate of drug-likeness (QED) is 0.723. The lowest BCUT2D eigenvalue weighted by molar-refractivity contribution is 0.0600. The summed E-state index contributed by atoms with van der Waals surface area (Å²) in [6.45, 7) is 1.63. The van der Waals surface area contributed by atoms with Crippen molar-refractivity contribution >= 4 is 35.0 Å². The molecular formula is C18H21ClN4O3. The molecule has 1 aromatic carbocycles. The lowest BCUT2D eigenvalue weighted by Gasteiger charge is -2.11. The number of carbonyl (C=O) groups excluding carboxylic acids is 2. The van der Waals surface area contributed by atoms with Crippen LogP contribution in [0.25, 0.3) is 0 Å². The number of aromatic nitrogens is 1. The third-order valence-electron chi connectivity index (χ3n) is 3.53. The molecular weight excluding hydrogens is 356 g/mol. The van der Waals surface area contributed by atoms with E-state index in [9.17, 15) is 9.59 Å². The van der Waals surface area contributed by atoms with Crippen molar-refractivity contribution in [3.8, 4) is 0 Å². The molecule has 0 unspecified atom stereocenters. The highest BCUT2D eigenvalue weighted by Gasteiger charge is 2.13. The Labute approximate surface area is 157 Å². The van der Waals surface area contributed by atoms with Crippen LogP contribution in [-0.4, -0.2) is 56.1 Å². The van der Waals surface area contributed by atoms with Crippen LogP contribution in [0.5, 0.6) is 0 Å². The second-order valence-electron chi connectivity index (χ2n) is 5.80. The van der Waals surface area contributed by atoms with E-state index in [1.54, 1.807) is 12.1 Å². The highest BCUT2D eigenvalue weighted by Crippen LogP contribution is 2.24. The van der Waals surface area contributed by atoms with Gasteiger partial charge in [0.25, 0.3) is 5.91 Å². The van der Waals surface area contributed by atoms with E-state index in [4.69, 9.17) is 11.6 Å². The van der Waals surface area contributed by atoms with E-state index >= 15 is 0 Å². The molecule has 0 fully saturated rings. The average molecular weight is 377 g/mol. The summed E-state index contributed by atoms with van der Waals surface area (Å²) < 4.78 is 4.67. The fraction of sp³-hybridized carbons (Fsp3) is 0.278. The number of esters is 1. The predicted octanol–water partition coefficient (Wildman–Crippen LogP) is 2.75. The smallest absolute Gasteiger partial charge is 0.337 e. The normalized spacial score (nSPS) is 10.5. The van der Waals surface area contributed by atoms with Gasteiger partial charge < -0.3 is 20.3 Å². The van der Waals surface area contributed by atoms with Crippen LogP contribution in [-0.2, 0) is 4.74 Å². The Morgan fingerprint density at radius 1 is 1.19 bits per heavy atom. The van der Waals surface area contributed by atoms with Gasteiger partial charge >= 0.3 is 5.97 Å². The standard InChI is InChI=1S/C18H21ClN4O3/c1-23(2)9-8-20-16-7-5-13(11-21-16)17(24)22-15-10-12(18(25)26-3)4-6-14(15)19/h4-7,10-11H,8-9H2,1-3H3,(H,20,21)(H,22,24). The summed E-state index contributed by atoms with van der Waals surface area (Å²) in [6.07, 6.45) is 1.48. The molecule has 2 aromatic rings. The van der Waals surface area contributed by atoms with Gasteiger partial charge in [-0.1, -0.05) is 11.6 Å². The summed E-state index contributed by atoms with van der Waals surface area (Å²) in [5.74, 6) is -0.192. The lowest BCUT2D eigenvalue weighted by atomic mass is 10.2. The van der Waals surface area contributed by atoms with E-state index in [1.807, 2.05) is 14.1 Å². The molecule has 1 heterocycles. The number of nitrogens with one attached hydrogen (secondary N) is 2. The first kappa shape index (κ1) is 19.7. The highest BCUT2D eigenvalue weighted by molar-refractivity contribution is 6.34. The molecule has 26 heavy (non-hydrogen) atoms. The Kier molecular flexibility index (Phi) is 6.94. The first-order chi connectivity index (χ1) is 12.4. The molecule has 0 saturated carbocycles. The number of hydrogen-bond acceptors (Lipinski definition) is 6. The maximum absolute atomic E-state index is 12.4. The number of halogens is 1. The second kappa shape index (κ2) is 9.17. The van der Waals surface area contributed by atoms with Crippen LogP contribution in [0.3, 0.4) is 0 Å². The minimum absolute atomic E-state index is 0.297. The molecule has 0 saturated heterocycles. The summed E-state index contributed by atoms with van der Waals surface area (Å²) >= 11 is 6.09. The first-order valence-electron chi connectivity index (χ1n) is 7.94. The van der Waals surface area contributed by atoms with Crippen molar-refractivity contribution in [1.29, 1.82) is 0 Å². The Balaban J connectivity index is 2.04. The fourth-order valence-electron chi connectivity index (χ4n) is 2.10. The Hall–Kier alpha value is -2.64. The topological polar surface area (TPSA) is 83.6 Å². The minimum Gasteiger partial charge on any atom is -0.465 e. The van der Waals surface area contributed by atoms with Crippen molar-refractivity contribution in [2.75, 3.05) is 44.9 Å². The molecule has 138 valence electrons. The van der Waals surface area contributed by atoms with Gasteiger partial charge in [-0.05, 0) is 44.4 Å². The number of benzene rings is 1. The van der Waals surface area contributed by atoms with E-state index in [2.05, 4.69) is 25.3 Å². The molecule has 0 atom stereocenters. The Morgan fingerprint density at radius 3 is 2.54 bits per heavy atom. The summed E-state index contributed by atoms with van der Waals surface area (Å²) in [7, 11) is 5.26. The van der Waals surface area contributed by atoms with Gasteiger partial charge in [0.1, 0.15) is 5.82 Å². The number of carbonyl (C=O) groups is 2. The Bertz CT molecular complexity index is 779. The fourth-order valence-corrected chi connectivity index (χ4v) is 2.27. The number of ether oxygens (including phenoxy) is 1. The number of hydrogen-bond donors (Lipinski definition) is 2. The van der Waals surface area contributed by atoms with Gasteiger partial charge in [0.15, 0.2) is 0 Å². The third-order valence-corrected chi connectivity index (χ3v) is 3.86. The zero-order valence-corrected chi connectivity index (χ0v) is 15.6. The zero-order chi connectivity index (χ0) is 19.1. The van der Waals surface area contributed by atoms with Gasteiger partial charge in [0.05, 0.1) is 28.9 Å². The Morgan fingerprint density at radius 2 is 1.92 bits per heavy atom. The molecule has 1 aromatic heterocycles. The van der Waals surface area contributed by atoms with Crippen LogP contribution in [0.2, 0.25) is 5.02 Å². The number of nitrogens with zero attached hydrogens (tertiary/aromatic N) is 2. The molecule has 7 nitrogen and oxygen atoms in total. The molecule has 8 heteroatoms. The number of likely N-dealkylation sites (N-methyl/N-ethyl adjacent to an activating group) is 1. The summed E-state index contributed by atoms with van der Waals surface area (Å²) in [5, 5.41) is 6.17. The second-order valence-corrected chi connectivity index (χ2v) is 6.21. The van der Waals surface area contributed by atoms with E-state index in [0.717, 1.165) is 13.1 Å². The van der Waals surface area contributed by atoms with E-state index < -0.39 is 5.97 Å². The number of amides is 1. The number of rotatable bonds is 7.